The van der Waals surface area contributed by atoms with Crippen molar-refractivity contribution in [1.82, 2.24) is 14.5 Å². The molecule has 1 saturated heterocycles. The zero-order valence-electron chi connectivity index (χ0n) is 13.9. The number of carbonyl (C=O) groups excluding carboxylic acids is 1. The van der Waals surface area contributed by atoms with E-state index in [0.717, 1.165) is 31.2 Å². The molecule has 1 saturated carbocycles. The van der Waals surface area contributed by atoms with Crippen molar-refractivity contribution in [2.45, 2.75) is 37.5 Å². The van der Waals surface area contributed by atoms with E-state index in [1.54, 1.807) is 9.21 Å². The second-order valence-electron chi connectivity index (χ2n) is 6.48. The van der Waals surface area contributed by atoms with Crippen molar-refractivity contribution in [2.75, 3.05) is 26.2 Å². The van der Waals surface area contributed by atoms with Gasteiger partial charge in [-0.15, -0.1) is 0 Å². The van der Waals surface area contributed by atoms with Gasteiger partial charge in [-0.3, -0.25) is 0 Å². The molecular formula is C17H25N3O3S. The molecule has 3 rings (SSSR count). The molecular weight excluding hydrogens is 326 g/mol. The lowest BCUT2D eigenvalue weighted by Gasteiger charge is -2.35. The van der Waals surface area contributed by atoms with Crippen LogP contribution < -0.4 is 5.32 Å². The maximum Gasteiger partial charge on any atom is 0.317 e. The summed E-state index contributed by atoms with van der Waals surface area (Å²) in [5, 5.41) is 2.68. The number of piperazine rings is 1. The van der Waals surface area contributed by atoms with E-state index in [4.69, 9.17) is 0 Å². The quantitative estimate of drug-likeness (QED) is 0.899. The number of amides is 2. The number of nitrogens with zero attached hydrogens (tertiary/aromatic N) is 2. The van der Waals surface area contributed by atoms with Crippen LogP contribution in [0.5, 0.6) is 0 Å². The van der Waals surface area contributed by atoms with Gasteiger partial charge in [-0.2, -0.15) is 4.31 Å². The number of hydrogen-bond acceptors (Lipinski definition) is 3. The van der Waals surface area contributed by atoms with E-state index in [1.165, 1.54) is 0 Å². The SMILES string of the molecule is O=C(NCc1ccccc1)N1CCN(S(=O)(=O)C2CCCC2)CC1. The molecule has 1 aromatic carbocycles. The van der Waals surface area contributed by atoms with Crippen molar-refractivity contribution >= 4 is 16.1 Å². The van der Waals surface area contributed by atoms with E-state index in [9.17, 15) is 13.2 Å². The van der Waals surface area contributed by atoms with E-state index in [0.29, 0.717) is 32.7 Å². The summed E-state index contributed by atoms with van der Waals surface area (Å²) in [5.41, 5.74) is 1.05. The summed E-state index contributed by atoms with van der Waals surface area (Å²) in [4.78, 5) is 13.9. The fourth-order valence-electron chi connectivity index (χ4n) is 3.43. The Morgan fingerprint density at radius 3 is 2.29 bits per heavy atom. The highest BCUT2D eigenvalue weighted by Gasteiger charge is 2.36. The van der Waals surface area contributed by atoms with Gasteiger partial charge in [0.05, 0.1) is 5.25 Å². The van der Waals surface area contributed by atoms with Crippen molar-refractivity contribution in [3.8, 4) is 0 Å². The molecule has 0 bridgehead atoms. The molecule has 1 N–H and O–H groups in total. The molecule has 0 radical (unpaired) electrons. The van der Waals surface area contributed by atoms with Gasteiger partial charge >= 0.3 is 6.03 Å². The maximum atomic E-state index is 12.6. The predicted octanol–water partition coefficient (Wildman–Crippen LogP) is 1.79. The minimum atomic E-state index is -3.19. The van der Waals surface area contributed by atoms with Crippen LogP contribution in [0, 0.1) is 0 Å². The Kier molecular flexibility index (Phi) is 5.40. The van der Waals surface area contributed by atoms with Gasteiger partial charge in [-0.05, 0) is 18.4 Å². The number of carbonyl (C=O) groups is 1. The Labute approximate surface area is 143 Å². The van der Waals surface area contributed by atoms with E-state index in [2.05, 4.69) is 5.32 Å². The summed E-state index contributed by atoms with van der Waals surface area (Å²) in [5.74, 6) is 0. The van der Waals surface area contributed by atoms with Gasteiger partial charge in [0.25, 0.3) is 0 Å². The van der Waals surface area contributed by atoms with Gasteiger partial charge in [-0.25, -0.2) is 13.2 Å². The van der Waals surface area contributed by atoms with Crippen LogP contribution in [0.1, 0.15) is 31.2 Å². The molecule has 1 aromatic rings. The van der Waals surface area contributed by atoms with Crippen LogP contribution in [-0.2, 0) is 16.6 Å². The van der Waals surface area contributed by atoms with Gasteiger partial charge in [0.2, 0.25) is 10.0 Å². The van der Waals surface area contributed by atoms with Crippen molar-refractivity contribution in [3.63, 3.8) is 0 Å². The van der Waals surface area contributed by atoms with E-state index >= 15 is 0 Å². The molecule has 24 heavy (non-hydrogen) atoms. The summed E-state index contributed by atoms with van der Waals surface area (Å²) in [6.45, 7) is 2.19. The van der Waals surface area contributed by atoms with Gasteiger partial charge in [0.15, 0.2) is 0 Å². The van der Waals surface area contributed by atoms with E-state index in [-0.39, 0.29) is 11.3 Å². The molecule has 0 atom stereocenters. The standard InChI is InChI=1S/C17H25N3O3S/c21-17(18-14-15-6-2-1-3-7-15)19-10-12-20(13-11-19)24(22,23)16-8-4-5-9-16/h1-3,6-7,16H,4-5,8-14H2,(H,18,21). The van der Waals surface area contributed by atoms with Crippen LogP contribution in [0.15, 0.2) is 30.3 Å². The monoisotopic (exact) mass is 351 g/mol. The fourth-order valence-corrected chi connectivity index (χ4v) is 5.45. The lowest BCUT2D eigenvalue weighted by Crippen LogP contribution is -2.54. The average molecular weight is 351 g/mol. The second-order valence-corrected chi connectivity index (χ2v) is 8.69. The molecule has 7 heteroatoms. The summed E-state index contributed by atoms with van der Waals surface area (Å²) in [6, 6.07) is 9.62. The number of rotatable bonds is 4. The first kappa shape index (κ1) is 17.2. The third kappa shape index (κ3) is 3.89. The smallest absolute Gasteiger partial charge is 0.317 e. The minimum absolute atomic E-state index is 0.128. The number of benzene rings is 1. The molecule has 2 amide bonds. The highest BCUT2D eigenvalue weighted by atomic mass is 32.2. The van der Waals surface area contributed by atoms with Crippen molar-refractivity contribution in [3.05, 3.63) is 35.9 Å². The summed E-state index contributed by atoms with van der Waals surface area (Å²) in [7, 11) is -3.19. The van der Waals surface area contributed by atoms with Crippen LogP contribution in [-0.4, -0.2) is 55.1 Å². The molecule has 132 valence electrons. The molecule has 2 aliphatic rings. The van der Waals surface area contributed by atoms with Crippen LogP contribution in [0.25, 0.3) is 0 Å². The predicted molar refractivity (Wildman–Crippen MR) is 93.0 cm³/mol. The highest BCUT2D eigenvalue weighted by molar-refractivity contribution is 7.89. The molecule has 6 nitrogen and oxygen atoms in total. The molecule has 1 aliphatic heterocycles. The Hall–Kier alpha value is -1.60. The average Bonchev–Trinajstić information content (AvgIpc) is 3.16. The molecule has 1 heterocycles. The maximum absolute atomic E-state index is 12.6. The molecule has 0 spiro atoms. The normalized spacial score (nSPS) is 20.2. The molecule has 0 aromatic heterocycles. The van der Waals surface area contributed by atoms with Gasteiger partial charge in [-0.1, -0.05) is 43.2 Å². The zero-order chi connectivity index (χ0) is 17.0. The highest BCUT2D eigenvalue weighted by Crippen LogP contribution is 2.27. The number of sulfonamides is 1. The number of hydrogen-bond donors (Lipinski definition) is 1. The van der Waals surface area contributed by atoms with Gasteiger partial charge in [0, 0.05) is 32.7 Å². The van der Waals surface area contributed by atoms with Crippen molar-refractivity contribution < 1.29 is 13.2 Å². The van der Waals surface area contributed by atoms with Crippen molar-refractivity contribution in [2.24, 2.45) is 0 Å². The second kappa shape index (κ2) is 7.53. The van der Waals surface area contributed by atoms with Crippen LogP contribution >= 0.6 is 0 Å². The first-order valence-corrected chi connectivity index (χ1v) is 10.1. The Morgan fingerprint density at radius 2 is 1.67 bits per heavy atom. The topological polar surface area (TPSA) is 69.7 Å². The first-order valence-electron chi connectivity index (χ1n) is 8.63. The van der Waals surface area contributed by atoms with Crippen LogP contribution in [0.4, 0.5) is 4.79 Å². The summed E-state index contributed by atoms with van der Waals surface area (Å²) >= 11 is 0. The van der Waals surface area contributed by atoms with E-state index in [1.807, 2.05) is 30.3 Å². The molecule has 1 aliphatic carbocycles. The lowest BCUT2D eigenvalue weighted by atomic mass is 10.2. The number of urea groups is 1. The third-order valence-electron chi connectivity index (χ3n) is 4.90. The van der Waals surface area contributed by atoms with E-state index < -0.39 is 10.0 Å². The summed E-state index contributed by atoms with van der Waals surface area (Å²) in [6.07, 6.45) is 3.57. The largest absolute Gasteiger partial charge is 0.334 e. The Balaban J connectivity index is 1.48. The Morgan fingerprint density at radius 1 is 1.04 bits per heavy atom. The zero-order valence-corrected chi connectivity index (χ0v) is 14.7. The van der Waals surface area contributed by atoms with Crippen LogP contribution in [0.3, 0.4) is 0 Å². The van der Waals surface area contributed by atoms with Crippen molar-refractivity contribution in [1.29, 1.82) is 0 Å². The Bertz CT molecular complexity index is 649. The minimum Gasteiger partial charge on any atom is -0.334 e. The van der Waals surface area contributed by atoms with Gasteiger partial charge < -0.3 is 10.2 Å². The molecule has 0 unspecified atom stereocenters. The van der Waals surface area contributed by atoms with Gasteiger partial charge in [0.1, 0.15) is 0 Å². The fraction of sp³-hybridized carbons (Fsp3) is 0.588. The first-order chi connectivity index (χ1) is 11.6. The number of nitrogens with one attached hydrogen (secondary N) is 1. The molecule has 2 fully saturated rings. The lowest BCUT2D eigenvalue weighted by molar-refractivity contribution is 0.171. The van der Waals surface area contributed by atoms with Crippen LogP contribution in [0.2, 0.25) is 0 Å². The summed E-state index contributed by atoms with van der Waals surface area (Å²) < 4.78 is 26.7. The third-order valence-corrected chi connectivity index (χ3v) is 7.29.